The van der Waals surface area contributed by atoms with Gasteiger partial charge in [-0.15, -0.1) is 0 Å². The summed E-state index contributed by atoms with van der Waals surface area (Å²) in [6, 6.07) is 3.75. The maximum Gasteiger partial charge on any atom is 0.304 e. The van der Waals surface area contributed by atoms with Crippen LogP contribution in [0.5, 0.6) is 0 Å². The SMILES string of the molecule is Cn1ccc(NS(=O)(=O)c2ccc([N+](=O)[O-])c(F)c2)n1. The van der Waals surface area contributed by atoms with Crippen molar-refractivity contribution in [3.8, 4) is 0 Å². The van der Waals surface area contributed by atoms with Gasteiger partial charge in [-0.2, -0.15) is 9.49 Å². The predicted octanol–water partition coefficient (Wildman–Crippen LogP) is 1.27. The van der Waals surface area contributed by atoms with Crippen molar-refractivity contribution >= 4 is 21.5 Å². The first-order valence-electron chi connectivity index (χ1n) is 5.26. The van der Waals surface area contributed by atoms with Crippen molar-refractivity contribution in [2.45, 2.75) is 4.90 Å². The van der Waals surface area contributed by atoms with Gasteiger partial charge >= 0.3 is 5.69 Å². The van der Waals surface area contributed by atoms with Crippen LogP contribution in [0.15, 0.2) is 35.4 Å². The van der Waals surface area contributed by atoms with Gasteiger partial charge in [0.05, 0.1) is 9.82 Å². The second-order valence-electron chi connectivity index (χ2n) is 3.85. The average molecular weight is 300 g/mol. The molecule has 10 heteroatoms. The van der Waals surface area contributed by atoms with Gasteiger partial charge in [0.25, 0.3) is 10.0 Å². The minimum absolute atomic E-state index is 0.0614. The second-order valence-corrected chi connectivity index (χ2v) is 5.53. The number of nitro groups is 1. The topological polar surface area (TPSA) is 107 Å². The third-order valence-electron chi connectivity index (χ3n) is 2.38. The normalized spacial score (nSPS) is 11.3. The second kappa shape index (κ2) is 4.89. The Hall–Kier alpha value is -2.49. The summed E-state index contributed by atoms with van der Waals surface area (Å²) in [5.74, 6) is -1.16. The molecular weight excluding hydrogens is 291 g/mol. The lowest BCUT2D eigenvalue weighted by Crippen LogP contribution is -2.14. The molecule has 0 atom stereocenters. The fourth-order valence-electron chi connectivity index (χ4n) is 1.47. The number of halogens is 1. The molecule has 0 fully saturated rings. The summed E-state index contributed by atoms with van der Waals surface area (Å²) in [7, 11) is -2.45. The number of nitrogens with one attached hydrogen (secondary N) is 1. The van der Waals surface area contributed by atoms with E-state index in [1.165, 1.54) is 16.9 Å². The van der Waals surface area contributed by atoms with E-state index in [9.17, 15) is 22.9 Å². The molecule has 1 aromatic carbocycles. The van der Waals surface area contributed by atoms with E-state index >= 15 is 0 Å². The van der Waals surface area contributed by atoms with Gasteiger partial charge in [-0.05, 0) is 6.07 Å². The fraction of sp³-hybridized carbons (Fsp3) is 0.100. The van der Waals surface area contributed by atoms with Crippen molar-refractivity contribution in [3.05, 3.63) is 46.4 Å². The van der Waals surface area contributed by atoms with E-state index in [0.29, 0.717) is 6.07 Å². The monoisotopic (exact) mass is 300 g/mol. The highest BCUT2D eigenvalue weighted by molar-refractivity contribution is 7.92. The number of anilines is 1. The van der Waals surface area contributed by atoms with Crippen LogP contribution in [0.1, 0.15) is 0 Å². The van der Waals surface area contributed by atoms with E-state index in [4.69, 9.17) is 0 Å². The van der Waals surface area contributed by atoms with Crippen LogP contribution in [0.25, 0.3) is 0 Å². The van der Waals surface area contributed by atoms with Gasteiger partial charge in [0, 0.05) is 31.4 Å². The van der Waals surface area contributed by atoms with Crippen LogP contribution < -0.4 is 4.72 Å². The third kappa shape index (κ3) is 2.74. The Labute approximate surface area is 113 Å². The molecule has 1 heterocycles. The van der Waals surface area contributed by atoms with Crippen molar-refractivity contribution < 1.29 is 17.7 Å². The van der Waals surface area contributed by atoms with Crippen molar-refractivity contribution in [2.75, 3.05) is 4.72 Å². The Morgan fingerprint density at radius 2 is 2.10 bits per heavy atom. The molecule has 106 valence electrons. The molecule has 0 saturated heterocycles. The zero-order valence-electron chi connectivity index (χ0n) is 10.1. The van der Waals surface area contributed by atoms with Crippen LogP contribution in [-0.2, 0) is 17.1 Å². The lowest BCUT2D eigenvalue weighted by molar-refractivity contribution is -0.387. The van der Waals surface area contributed by atoms with Crippen LogP contribution in [0.3, 0.4) is 0 Å². The van der Waals surface area contributed by atoms with Gasteiger partial charge in [0.1, 0.15) is 0 Å². The summed E-state index contributed by atoms with van der Waals surface area (Å²) >= 11 is 0. The van der Waals surface area contributed by atoms with E-state index in [-0.39, 0.29) is 5.82 Å². The van der Waals surface area contributed by atoms with Gasteiger partial charge < -0.3 is 0 Å². The highest BCUT2D eigenvalue weighted by atomic mass is 32.2. The summed E-state index contributed by atoms with van der Waals surface area (Å²) < 4.78 is 40.8. The summed E-state index contributed by atoms with van der Waals surface area (Å²) in [5, 5.41) is 14.3. The molecule has 0 unspecified atom stereocenters. The van der Waals surface area contributed by atoms with Gasteiger partial charge in [-0.3, -0.25) is 19.5 Å². The van der Waals surface area contributed by atoms with Crippen molar-refractivity contribution in [1.29, 1.82) is 0 Å². The number of hydrogen-bond donors (Lipinski definition) is 1. The molecule has 0 aliphatic heterocycles. The molecule has 0 bridgehead atoms. The Morgan fingerprint density at radius 3 is 2.60 bits per heavy atom. The largest absolute Gasteiger partial charge is 0.304 e. The number of nitro benzene ring substituents is 1. The fourth-order valence-corrected chi connectivity index (χ4v) is 2.48. The highest BCUT2D eigenvalue weighted by Gasteiger charge is 2.21. The van der Waals surface area contributed by atoms with Gasteiger partial charge in [0.2, 0.25) is 5.82 Å². The number of sulfonamides is 1. The van der Waals surface area contributed by atoms with E-state index in [1.807, 2.05) is 0 Å². The first kappa shape index (κ1) is 13.9. The molecule has 0 aliphatic carbocycles. The maximum atomic E-state index is 13.4. The molecule has 1 aromatic heterocycles. The number of nitrogens with zero attached hydrogens (tertiary/aromatic N) is 3. The first-order valence-corrected chi connectivity index (χ1v) is 6.74. The molecule has 0 radical (unpaired) electrons. The highest BCUT2D eigenvalue weighted by Crippen LogP contribution is 2.22. The Bertz CT molecular complexity index is 771. The molecule has 0 aliphatic rings. The van der Waals surface area contributed by atoms with Crippen molar-refractivity contribution in [3.63, 3.8) is 0 Å². The molecular formula is C10H9FN4O4S. The van der Waals surface area contributed by atoms with Crippen LogP contribution >= 0.6 is 0 Å². The molecule has 0 spiro atoms. The van der Waals surface area contributed by atoms with Crippen LogP contribution in [0.2, 0.25) is 0 Å². The van der Waals surface area contributed by atoms with Crippen LogP contribution in [0.4, 0.5) is 15.9 Å². The van der Waals surface area contributed by atoms with Crippen LogP contribution in [0, 0.1) is 15.9 Å². The summed E-state index contributed by atoms with van der Waals surface area (Å²) in [6.07, 6.45) is 1.52. The van der Waals surface area contributed by atoms with Gasteiger partial charge in [0.15, 0.2) is 5.82 Å². The summed E-state index contributed by atoms with van der Waals surface area (Å²) in [5.41, 5.74) is -0.790. The van der Waals surface area contributed by atoms with Crippen molar-refractivity contribution in [2.24, 2.45) is 7.05 Å². The van der Waals surface area contributed by atoms with Gasteiger partial charge in [-0.25, -0.2) is 8.42 Å². The van der Waals surface area contributed by atoms with Crippen molar-refractivity contribution in [1.82, 2.24) is 9.78 Å². The quantitative estimate of drug-likeness (QED) is 0.675. The molecule has 0 saturated carbocycles. The maximum absolute atomic E-state index is 13.4. The number of rotatable bonds is 4. The standard InChI is InChI=1S/C10H9FN4O4S/c1-14-5-4-10(12-14)13-20(18,19)7-2-3-9(15(16)17)8(11)6-7/h2-6H,1H3,(H,12,13). The zero-order valence-corrected chi connectivity index (χ0v) is 11.0. The number of aromatic nitrogens is 2. The summed E-state index contributed by atoms with van der Waals surface area (Å²) in [6.45, 7) is 0. The lowest BCUT2D eigenvalue weighted by atomic mass is 10.3. The Morgan fingerprint density at radius 1 is 1.40 bits per heavy atom. The minimum atomic E-state index is -4.05. The molecule has 0 amide bonds. The molecule has 1 N–H and O–H groups in total. The minimum Gasteiger partial charge on any atom is -0.274 e. The molecule has 2 aromatic rings. The molecule has 2 rings (SSSR count). The zero-order chi connectivity index (χ0) is 14.9. The predicted molar refractivity (Wildman–Crippen MR) is 67.1 cm³/mol. The first-order chi connectivity index (χ1) is 9.29. The Kier molecular flexibility index (Phi) is 3.40. The smallest absolute Gasteiger partial charge is 0.274 e. The third-order valence-corrected chi connectivity index (χ3v) is 3.73. The average Bonchev–Trinajstić information content (AvgIpc) is 2.73. The lowest BCUT2D eigenvalue weighted by Gasteiger charge is -2.05. The molecule has 8 nitrogen and oxygen atoms in total. The van der Waals surface area contributed by atoms with E-state index in [1.54, 1.807) is 7.05 Å². The summed E-state index contributed by atoms with van der Waals surface area (Å²) in [4.78, 5) is 9.11. The van der Waals surface area contributed by atoms with Crippen LogP contribution in [-0.4, -0.2) is 23.1 Å². The van der Waals surface area contributed by atoms with Gasteiger partial charge in [-0.1, -0.05) is 0 Å². The molecule has 20 heavy (non-hydrogen) atoms. The number of benzene rings is 1. The number of aryl methyl sites for hydroxylation is 1. The Balaban J connectivity index is 2.35. The van der Waals surface area contributed by atoms with E-state index in [0.717, 1.165) is 12.1 Å². The van der Waals surface area contributed by atoms with E-state index in [2.05, 4.69) is 9.82 Å². The van der Waals surface area contributed by atoms with E-state index < -0.39 is 31.3 Å². The number of hydrogen-bond acceptors (Lipinski definition) is 5.